The minimum absolute atomic E-state index is 0.0239. The lowest BCUT2D eigenvalue weighted by Crippen LogP contribution is -2.20. The molecule has 19 heavy (non-hydrogen) atoms. The van der Waals surface area contributed by atoms with Crippen LogP contribution in [0.5, 0.6) is 17.2 Å². The van der Waals surface area contributed by atoms with Crippen LogP contribution in [-0.4, -0.2) is 22.7 Å². The molecule has 0 bridgehead atoms. The highest BCUT2D eigenvalue weighted by molar-refractivity contribution is 5.94. The Hall–Kier alpha value is -2.69. The van der Waals surface area contributed by atoms with Crippen LogP contribution >= 0.6 is 0 Å². The highest BCUT2D eigenvalue weighted by Crippen LogP contribution is 2.32. The predicted octanol–water partition coefficient (Wildman–Crippen LogP) is 2.12. The molecule has 0 aliphatic carbocycles. The third-order valence-electron chi connectivity index (χ3n) is 2.40. The summed E-state index contributed by atoms with van der Waals surface area (Å²) in [6.07, 6.45) is 0. The van der Waals surface area contributed by atoms with Crippen molar-refractivity contribution in [3.8, 4) is 17.2 Å². The maximum atomic E-state index is 11.6. The van der Waals surface area contributed by atoms with Crippen molar-refractivity contribution >= 4 is 11.6 Å². The summed E-state index contributed by atoms with van der Waals surface area (Å²) in [7, 11) is 0. The van der Waals surface area contributed by atoms with Crippen LogP contribution in [0.2, 0.25) is 0 Å². The summed E-state index contributed by atoms with van der Waals surface area (Å²) >= 11 is 0. The van der Waals surface area contributed by atoms with Gasteiger partial charge in [0.25, 0.3) is 5.91 Å². The zero-order valence-electron chi connectivity index (χ0n) is 10.0. The van der Waals surface area contributed by atoms with E-state index in [2.05, 4.69) is 5.32 Å². The van der Waals surface area contributed by atoms with Crippen LogP contribution in [0.4, 0.5) is 5.69 Å². The number of nitrogens with one attached hydrogen (secondary N) is 1. The lowest BCUT2D eigenvalue weighted by molar-refractivity contribution is -0.118. The Labute approximate surface area is 110 Å². The van der Waals surface area contributed by atoms with Gasteiger partial charge < -0.3 is 20.3 Å². The van der Waals surface area contributed by atoms with Gasteiger partial charge in [0, 0.05) is 0 Å². The minimum Gasteiger partial charge on any atom is -0.506 e. The monoisotopic (exact) mass is 259 g/mol. The molecule has 5 heteroatoms. The first-order chi connectivity index (χ1) is 9.16. The first kappa shape index (κ1) is 12.8. The van der Waals surface area contributed by atoms with Crippen LogP contribution in [0.1, 0.15) is 0 Å². The number of hydrogen-bond acceptors (Lipinski definition) is 4. The topological polar surface area (TPSA) is 78.8 Å². The number of phenols is 2. The fourth-order valence-corrected chi connectivity index (χ4v) is 1.50. The van der Waals surface area contributed by atoms with Crippen molar-refractivity contribution in [2.75, 3.05) is 11.9 Å². The van der Waals surface area contributed by atoms with Gasteiger partial charge in [-0.1, -0.05) is 24.3 Å². The lowest BCUT2D eigenvalue weighted by Gasteiger charge is -2.09. The van der Waals surface area contributed by atoms with Gasteiger partial charge in [-0.05, 0) is 24.3 Å². The Morgan fingerprint density at radius 1 is 1.00 bits per heavy atom. The second-order valence-corrected chi connectivity index (χ2v) is 3.82. The summed E-state index contributed by atoms with van der Waals surface area (Å²) in [5.74, 6) is -0.305. The molecule has 1 amide bonds. The summed E-state index contributed by atoms with van der Waals surface area (Å²) in [5.41, 5.74) is -0.0239. The van der Waals surface area contributed by atoms with Gasteiger partial charge in [0.2, 0.25) is 0 Å². The number of aromatic hydroxyl groups is 2. The highest BCUT2D eigenvalue weighted by atomic mass is 16.5. The molecular formula is C14H13NO4. The SMILES string of the molecule is O=C(COc1ccccc1)Nc1c(O)cccc1O. The quantitative estimate of drug-likeness (QED) is 0.735. The smallest absolute Gasteiger partial charge is 0.262 e. The summed E-state index contributed by atoms with van der Waals surface area (Å²) in [5, 5.41) is 21.4. The number of phenolic OH excluding ortho intramolecular Hbond substituents is 2. The molecule has 2 rings (SSSR count). The summed E-state index contributed by atoms with van der Waals surface area (Å²) < 4.78 is 5.24. The number of carbonyl (C=O) groups excluding carboxylic acids is 1. The molecule has 0 aliphatic rings. The Morgan fingerprint density at radius 3 is 2.26 bits per heavy atom. The molecule has 0 saturated carbocycles. The molecule has 0 atom stereocenters. The van der Waals surface area contributed by atoms with Crippen molar-refractivity contribution in [1.29, 1.82) is 0 Å². The molecule has 0 aromatic heterocycles. The van der Waals surface area contributed by atoms with E-state index in [1.54, 1.807) is 24.3 Å². The fourth-order valence-electron chi connectivity index (χ4n) is 1.50. The molecule has 5 nitrogen and oxygen atoms in total. The van der Waals surface area contributed by atoms with Gasteiger partial charge >= 0.3 is 0 Å². The minimum atomic E-state index is -0.472. The number of rotatable bonds is 4. The molecule has 2 aromatic carbocycles. The first-order valence-corrected chi connectivity index (χ1v) is 5.65. The van der Waals surface area contributed by atoms with Crippen molar-refractivity contribution < 1.29 is 19.7 Å². The number of benzene rings is 2. The third-order valence-corrected chi connectivity index (χ3v) is 2.40. The largest absolute Gasteiger partial charge is 0.506 e. The van der Waals surface area contributed by atoms with Gasteiger partial charge in [-0.2, -0.15) is 0 Å². The van der Waals surface area contributed by atoms with Crippen molar-refractivity contribution in [3.05, 3.63) is 48.5 Å². The van der Waals surface area contributed by atoms with E-state index in [1.807, 2.05) is 6.07 Å². The van der Waals surface area contributed by atoms with E-state index in [0.29, 0.717) is 5.75 Å². The maximum Gasteiger partial charge on any atom is 0.262 e. The summed E-state index contributed by atoms with van der Waals surface area (Å²) in [6.45, 7) is -0.211. The van der Waals surface area contributed by atoms with Crippen LogP contribution in [0.3, 0.4) is 0 Å². The Balaban J connectivity index is 1.95. The van der Waals surface area contributed by atoms with E-state index in [0.717, 1.165) is 0 Å². The number of para-hydroxylation sites is 2. The first-order valence-electron chi connectivity index (χ1n) is 5.65. The molecule has 0 unspecified atom stereocenters. The van der Waals surface area contributed by atoms with Crippen LogP contribution in [-0.2, 0) is 4.79 Å². The van der Waals surface area contributed by atoms with Crippen molar-refractivity contribution in [3.63, 3.8) is 0 Å². The Kier molecular flexibility index (Phi) is 3.87. The molecule has 3 N–H and O–H groups in total. The normalized spacial score (nSPS) is 9.89. The number of carbonyl (C=O) groups is 1. The highest BCUT2D eigenvalue weighted by Gasteiger charge is 2.11. The molecule has 0 spiro atoms. The second kappa shape index (κ2) is 5.77. The molecule has 0 aliphatic heterocycles. The van der Waals surface area contributed by atoms with E-state index >= 15 is 0 Å². The molecule has 2 aromatic rings. The van der Waals surface area contributed by atoms with Gasteiger partial charge in [0.15, 0.2) is 6.61 Å². The summed E-state index contributed by atoms with van der Waals surface area (Å²) in [4.78, 5) is 11.6. The van der Waals surface area contributed by atoms with Crippen molar-refractivity contribution in [2.24, 2.45) is 0 Å². The van der Waals surface area contributed by atoms with E-state index in [1.165, 1.54) is 18.2 Å². The fraction of sp³-hybridized carbons (Fsp3) is 0.0714. The van der Waals surface area contributed by atoms with Gasteiger partial charge in [-0.15, -0.1) is 0 Å². The Morgan fingerprint density at radius 2 is 1.63 bits per heavy atom. The van der Waals surface area contributed by atoms with Crippen molar-refractivity contribution in [2.45, 2.75) is 0 Å². The van der Waals surface area contributed by atoms with Gasteiger partial charge in [0.05, 0.1) is 0 Å². The van der Waals surface area contributed by atoms with Gasteiger partial charge in [-0.25, -0.2) is 0 Å². The van der Waals surface area contributed by atoms with Crippen LogP contribution < -0.4 is 10.1 Å². The molecular weight excluding hydrogens is 246 g/mol. The van der Waals surface area contributed by atoms with E-state index in [-0.39, 0.29) is 23.8 Å². The molecule has 98 valence electrons. The van der Waals surface area contributed by atoms with Crippen LogP contribution in [0, 0.1) is 0 Å². The zero-order chi connectivity index (χ0) is 13.7. The number of amides is 1. The number of ether oxygens (including phenoxy) is 1. The van der Waals surface area contributed by atoms with Crippen LogP contribution in [0.25, 0.3) is 0 Å². The van der Waals surface area contributed by atoms with E-state index < -0.39 is 5.91 Å². The molecule has 0 heterocycles. The number of hydrogen-bond donors (Lipinski definition) is 3. The number of anilines is 1. The lowest BCUT2D eigenvalue weighted by atomic mass is 10.2. The Bertz CT molecular complexity index is 549. The molecule has 0 radical (unpaired) electrons. The standard InChI is InChI=1S/C14H13NO4/c16-11-7-4-8-12(17)14(11)15-13(18)9-19-10-5-2-1-3-6-10/h1-8,16-17H,9H2,(H,15,18). The van der Waals surface area contributed by atoms with Crippen molar-refractivity contribution in [1.82, 2.24) is 0 Å². The van der Waals surface area contributed by atoms with Gasteiger partial charge in [0.1, 0.15) is 22.9 Å². The average molecular weight is 259 g/mol. The summed E-state index contributed by atoms with van der Waals surface area (Å²) in [6, 6.07) is 13.1. The maximum absolute atomic E-state index is 11.6. The van der Waals surface area contributed by atoms with Crippen LogP contribution in [0.15, 0.2) is 48.5 Å². The molecule has 0 saturated heterocycles. The zero-order valence-corrected chi connectivity index (χ0v) is 10.0. The molecule has 0 fully saturated rings. The predicted molar refractivity (Wildman–Crippen MR) is 70.3 cm³/mol. The van der Waals surface area contributed by atoms with E-state index in [4.69, 9.17) is 4.74 Å². The second-order valence-electron chi connectivity index (χ2n) is 3.82. The van der Waals surface area contributed by atoms with Gasteiger partial charge in [-0.3, -0.25) is 4.79 Å². The van der Waals surface area contributed by atoms with E-state index in [9.17, 15) is 15.0 Å². The average Bonchev–Trinajstić information content (AvgIpc) is 2.42. The third kappa shape index (κ3) is 3.38.